The van der Waals surface area contributed by atoms with Crippen LogP contribution in [0.25, 0.3) is 0 Å². The molecule has 0 spiro atoms. The van der Waals surface area contributed by atoms with Gasteiger partial charge in [-0.25, -0.2) is 9.18 Å². The van der Waals surface area contributed by atoms with Gasteiger partial charge in [-0.3, -0.25) is 4.79 Å². The van der Waals surface area contributed by atoms with Gasteiger partial charge in [0.1, 0.15) is 11.6 Å². The first kappa shape index (κ1) is 18.7. The number of halogens is 2. The minimum absolute atomic E-state index is 0.162. The van der Waals surface area contributed by atoms with E-state index in [4.69, 9.17) is 21.1 Å². The van der Waals surface area contributed by atoms with Crippen molar-refractivity contribution < 1.29 is 23.5 Å². The molecule has 2 aromatic rings. The molecule has 0 unspecified atom stereocenters. The highest BCUT2D eigenvalue weighted by atomic mass is 35.5. The van der Waals surface area contributed by atoms with Gasteiger partial charge >= 0.3 is 5.97 Å². The summed E-state index contributed by atoms with van der Waals surface area (Å²) in [7, 11) is 0. The summed E-state index contributed by atoms with van der Waals surface area (Å²) in [5.74, 6) is -1.61. The van der Waals surface area contributed by atoms with E-state index in [1.54, 1.807) is 24.3 Å². The summed E-state index contributed by atoms with van der Waals surface area (Å²) in [4.78, 5) is 24.1. The molecule has 1 amide bonds. The molecule has 5 nitrogen and oxygen atoms in total. The first-order valence-corrected chi connectivity index (χ1v) is 7.98. The van der Waals surface area contributed by atoms with Crippen LogP contribution in [-0.2, 0) is 9.53 Å². The van der Waals surface area contributed by atoms with E-state index < -0.39 is 23.8 Å². The van der Waals surface area contributed by atoms with Crippen molar-refractivity contribution in [2.75, 3.05) is 11.9 Å². The molecule has 1 atom stereocenters. The molecule has 0 fully saturated rings. The number of ether oxygens (including phenoxy) is 2. The second kappa shape index (κ2) is 8.48. The van der Waals surface area contributed by atoms with E-state index in [0.717, 1.165) is 6.07 Å². The molecule has 0 heterocycles. The molecule has 0 aliphatic carbocycles. The molecule has 0 saturated carbocycles. The highest BCUT2D eigenvalue weighted by molar-refractivity contribution is 6.30. The second-order valence-electron chi connectivity index (χ2n) is 5.12. The van der Waals surface area contributed by atoms with Crippen LogP contribution in [-0.4, -0.2) is 24.6 Å². The Labute approximate surface area is 149 Å². The predicted octanol–water partition coefficient (Wildman–Crippen LogP) is 4.06. The number of hydrogen-bond acceptors (Lipinski definition) is 4. The monoisotopic (exact) mass is 365 g/mol. The standard InChI is InChI=1S/C18H17ClFNO4/c1-3-24-14-7-5-13(6-8-14)21-17(22)11(2)25-18(23)15-9-4-12(19)10-16(15)20/h4-11H,3H2,1-2H3,(H,21,22)/t11-/m1/s1. The van der Waals surface area contributed by atoms with Crippen molar-refractivity contribution in [2.24, 2.45) is 0 Å². The van der Waals surface area contributed by atoms with Gasteiger partial charge in [-0.2, -0.15) is 0 Å². The largest absolute Gasteiger partial charge is 0.494 e. The van der Waals surface area contributed by atoms with Gasteiger partial charge in [0.2, 0.25) is 0 Å². The number of rotatable bonds is 6. The van der Waals surface area contributed by atoms with Crippen LogP contribution in [0.3, 0.4) is 0 Å². The summed E-state index contributed by atoms with van der Waals surface area (Å²) in [6, 6.07) is 10.3. The Balaban J connectivity index is 1.96. The lowest BCUT2D eigenvalue weighted by atomic mass is 10.2. The maximum Gasteiger partial charge on any atom is 0.341 e. The first-order valence-electron chi connectivity index (χ1n) is 7.60. The molecule has 2 aromatic carbocycles. The summed E-state index contributed by atoms with van der Waals surface area (Å²) in [6.45, 7) is 3.81. The van der Waals surface area contributed by atoms with E-state index in [-0.39, 0.29) is 10.6 Å². The molecule has 2 rings (SSSR count). The van der Waals surface area contributed by atoms with Crippen LogP contribution in [0, 0.1) is 5.82 Å². The van der Waals surface area contributed by atoms with Gasteiger partial charge in [0, 0.05) is 10.7 Å². The van der Waals surface area contributed by atoms with E-state index in [1.165, 1.54) is 19.1 Å². The normalized spacial score (nSPS) is 11.5. The molecular formula is C18H17ClFNO4. The highest BCUT2D eigenvalue weighted by Crippen LogP contribution is 2.18. The summed E-state index contributed by atoms with van der Waals surface area (Å²) >= 11 is 5.63. The molecule has 7 heteroatoms. The van der Waals surface area contributed by atoms with Gasteiger partial charge in [-0.15, -0.1) is 0 Å². The van der Waals surface area contributed by atoms with Crippen LogP contribution >= 0.6 is 11.6 Å². The Morgan fingerprint density at radius 2 is 1.88 bits per heavy atom. The lowest BCUT2D eigenvalue weighted by molar-refractivity contribution is -0.123. The Morgan fingerprint density at radius 1 is 1.20 bits per heavy atom. The number of esters is 1. The van der Waals surface area contributed by atoms with Crippen LogP contribution in [0.1, 0.15) is 24.2 Å². The number of benzene rings is 2. The Bertz CT molecular complexity index is 764. The number of anilines is 1. The molecular weight excluding hydrogens is 349 g/mol. The molecule has 25 heavy (non-hydrogen) atoms. The van der Waals surface area contributed by atoms with Crippen molar-refractivity contribution >= 4 is 29.2 Å². The van der Waals surface area contributed by atoms with Crippen molar-refractivity contribution in [2.45, 2.75) is 20.0 Å². The molecule has 0 radical (unpaired) electrons. The quantitative estimate of drug-likeness (QED) is 0.784. The van der Waals surface area contributed by atoms with Crippen molar-refractivity contribution in [3.05, 3.63) is 58.9 Å². The van der Waals surface area contributed by atoms with Crippen LogP contribution in [0.15, 0.2) is 42.5 Å². The second-order valence-corrected chi connectivity index (χ2v) is 5.55. The summed E-state index contributed by atoms with van der Waals surface area (Å²) in [6.07, 6.45) is -1.10. The topological polar surface area (TPSA) is 64.6 Å². The summed E-state index contributed by atoms with van der Waals surface area (Å²) < 4.78 is 24.0. The number of hydrogen-bond donors (Lipinski definition) is 1. The van der Waals surface area contributed by atoms with Crippen molar-refractivity contribution in [3.8, 4) is 5.75 Å². The van der Waals surface area contributed by atoms with Crippen molar-refractivity contribution in [1.82, 2.24) is 0 Å². The van der Waals surface area contributed by atoms with Crippen LogP contribution < -0.4 is 10.1 Å². The fourth-order valence-electron chi connectivity index (χ4n) is 1.98. The zero-order chi connectivity index (χ0) is 18.4. The summed E-state index contributed by atoms with van der Waals surface area (Å²) in [5.41, 5.74) is 0.235. The number of carbonyl (C=O) groups excluding carboxylic acids is 2. The molecule has 0 bridgehead atoms. The summed E-state index contributed by atoms with van der Waals surface area (Å²) in [5, 5.41) is 2.77. The molecule has 0 saturated heterocycles. The van der Waals surface area contributed by atoms with Gasteiger partial charge in [-0.1, -0.05) is 11.6 Å². The minimum atomic E-state index is -1.10. The average Bonchev–Trinajstić information content (AvgIpc) is 2.56. The van der Waals surface area contributed by atoms with E-state index in [2.05, 4.69) is 5.32 Å². The smallest absolute Gasteiger partial charge is 0.341 e. The van der Waals surface area contributed by atoms with E-state index in [9.17, 15) is 14.0 Å². The van der Waals surface area contributed by atoms with Gasteiger partial charge in [0.05, 0.1) is 12.2 Å². The molecule has 0 aliphatic rings. The Morgan fingerprint density at radius 3 is 2.48 bits per heavy atom. The third-order valence-electron chi connectivity index (χ3n) is 3.24. The zero-order valence-corrected chi connectivity index (χ0v) is 14.5. The average molecular weight is 366 g/mol. The molecule has 0 aromatic heterocycles. The lowest BCUT2D eigenvalue weighted by Crippen LogP contribution is -2.30. The van der Waals surface area contributed by atoms with E-state index >= 15 is 0 Å². The first-order chi connectivity index (χ1) is 11.9. The number of amides is 1. The molecule has 0 aliphatic heterocycles. The Kier molecular flexibility index (Phi) is 6.36. The molecule has 132 valence electrons. The van der Waals surface area contributed by atoms with Crippen molar-refractivity contribution in [3.63, 3.8) is 0 Å². The van der Waals surface area contributed by atoms with E-state index in [1.807, 2.05) is 6.92 Å². The van der Waals surface area contributed by atoms with Gasteiger partial charge in [-0.05, 0) is 56.3 Å². The Hall–Kier alpha value is -2.60. The third kappa shape index (κ3) is 5.19. The fourth-order valence-corrected chi connectivity index (χ4v) is 2.14. The maximum atomic E-state index is 13.7. The van der Waals surface area contributed by atoms with Crippen molar-refractivity contribution in [1.29, 1.82) is 0 Å². The van der Waals surface area contributed by atoms with Gasteiger partial charge in [0.15, 0.2) is 6.10 Å². The highest BCUT2D eigenvalue weighted by Gasteiger charge is 2.21. The number of nitrogens with one attached hydrogen (secondary N) is 1. The zero-order valence-electron chi connectivity index (χ0n) is 13.7. The number of carbonyl (C=O) groups is 2. The van der Waals surface area contributed by atoms with Crippen LogP contribution in [0.2, 0.25) is 5.02 Å². The van der Waals surface area contributed by atoms with Gasteiger partial charge < -0.3 is 14.8 Å². The minimum Gasteiger partial charge on any atom is -0.494 e. The maximum absolute atomic E-state index is 13.7. The SMILES string of the molecule is CCOc1ccc(NC(=O)[C@@H](C)OC(=O)c2ccc(Cl)cc2F)cc1. The fraction of sp³-hybridized carbons (Fsp3) is 0.222. The lowest BCUT2D eigenvalue weighted by Gasteiger charge is -2.14. The molecule has 1 N–H and O–H groups in total. The third-order valence-corrected chi connectivity index (χ3v) is 3.47. The van der Waals surface area contributed by atoms with Crippen LogP contribution in [0.4, 0.5) is 10.1 Å². The van der Waals surface area contributed by atoms with Crippen LogP contribution in [0.5, 0.6) is 5.75 Å². The predicted molar refractivity (Wildman–Crippen MR) is 92.5 cm³/mol. The van der Waals surface area contributed by atoms with E-state index in [0.29, 0.717) is 18.0 Å². The van der Waals surface area contributed by atoms with Gasteiger partial charge in [0.25, 0.3) is 5.91 Å².